The van der Waals surface area contributed by atoms with E-state index in [1.807, 2.05) is 25.1 Å². The summed E-state index contributed by atoms with van der Waals surface area (Å²) in [5.41, 5.74) is 1.07. The van der Waals surface area contributed by atoms with Gasteiger partial charge in [-0.3, -0.25) is 4.79 Å². The van der Waals surface area contributed by atoms with E-state index in [1.165, 1.54) is 12.3 Å². The summed E-state index contributed by atoms with van der Waals surface area (Å²) in [6.45, 7) is 1.94. The lowest BCUT2D eigenvalue weighted by Gasteiger charge is -2.30. The highest BCUT2D eigenvalue weighted by Crippen LogP contribution is 2.37. The molecular weight excluding hydrogens is 328 g/mol. The summed E-state index contributed by atoms with van der Waals surface area (Å²) in [5, 5.41) is 9.69. The Morgan fingerprint density at radius 3 is 2.62 bits per heavy atom. The Labute approximate surface area is 144 Å². The van der Waals surface area contributed by atoms with Gasteiger partial charge in [0.2, 0.25) is 0 Å². The first-order valence-electron chi connectivity index (χ1n) is 7.75. The number of halogens is 1. The molecule has 124 valence electrons. The number of aromatic carboxylic acids is 1. The third kappa shape index (κ3) is 3.26. The molecule has 1 amide bonds. The van der Waals surface area contributed by atoms with Crippen molar-refractivity contribution < 1.29 is 14.7 Å². The van der Waals surface area contributed by atoms with Gasteiger partial charge in [-0.2, -0.15) is 0 Å². The maximum absolute atomic E-state index is 13.0. The van der Waals surface area contributed by atoms with Crippen molar-refractivity contribution >= 4 is 23.5 Å². The quantitative estimate of drug-likeness (QED) is 0.895. The van der Waals surface area contributed by atoms with E-state index in [0.29, 0.717) is 10.6 Å². The molecule has 1 aliphatic rings. The molecule has 1 aromatic heterocycles. The van der Waals surface area contributed by atoms with Gasteiger partial charge in [-0.05, 0) is 43.5 Å². The molecule has 0 radical (unpaired) electrons. The Hall–Kier alpha value is -2.40. The van der Waals surface area contributed by atoms with Crippen molar-refractivity contribution in [3.63, 3.8) is 0 Å². The summed E-state index contributed by atoms with van der Waals surface area (Å²) < 4.78 is 0. The molecule has 1 unspecified atom stereocenters. The Balaban J connectivity index is 1.94. The molecule has 1 aliphatic carbocycles. The van der Waals surface area contributed by atoms with Crippen LogP contribution in [0.1, 0.15) is 52.2 Å². The van der Waals surface area contributed by atoms with Gasteiger partial charge in [-0.15, -0.1) is 0 Å². The molecule has 3 rings (SSSR count). The van der Waals surface area contributed by atoms with Crippen LogP contribution in [-0.4, -0.2) is 32.9 Å². The van der Waals surface area contributed by atoms with E-state index in [9.17, 15) is 9.59 Å². The van der Waals surface area contributed by atoms with E-state index in [4.69, 9.17) is 16.7 Å². The van der Waals surface area contributed by atoms with Gasteiger partial charge < -0.3 is 10.0 Å². The third-order valence-electron chi connectivity index (χ3n) is 4.17. The van der Waals surface area contributed by atoms with Crippen molar-refractivity contribution in [1.29, 1.82) is 0 Å². The number of carbonyl (C=O) groups is 2. The fourth-order valence-corrected chi connectivity index (χ4v) is 3.10. The average molecular weight is 345 g/mol. The molecule has 1 N–H and O–H groups in total. The number of carbonyl (C=O) groups excluding carboxylic acids is 1. The van der Waals surface area contributed by atoms with Crippen molar-refractivity contribution in [3.8, 4) is 0 Å². The van der Waals surface area contributed by atoms with Gasteiger partial charge >= 0.3 is 5.97 Å². The first-order chi connectivity index (χ1) is 11.5. The monoisotopic (exact) mass is 344 g/mol. The zero-order chi connectivity index (χ0) is 17.3. The molecule has 1 atom stereocenters. The summed E-state index contributed by atoms with van der Waals surface area (Å²) in [6, 6.07) is 10.3. The molecule has 6 heteroatoms. The number of pyridine rings is 1. The van der Waals surface area contributed by atoms with Crippen LogP contribution in [0.15, 0.2) is 42.6 Å². The zero-order valence-electron chi connectivity index (χ0n) is 13.1. The van der Waals surface area contributed by atoms with Crippen molar-refractivity contribution in [2.45, 2.75) is 31.8 Å². The van der Waals surface area contributed by atoms with E-state index >= 15 is 0 Å². The minimum absolute atomic E-state index is 0.137. The predicted octanol–water partition coefficient (Wildman–Crippen LogP) is 3.80. The normalized spacial score (nSPS) is 14.9. The molecule has 1 fully saturated rings. The van der Waals surface area contributed by atoms with Crippen LogP contribution in [-0.2, 0) is 0 Å². The fraction of sp³-hybridized carbons (Fsp3) is 0.278. The summed E-state index contributed by atoms with van der Waals surface area (Å²) in [4.78, 5) is 29.6. The lowest BCUT2D eigenvalue weighted by atomic mass is 10.0. The maximum Gasteiger partial charge on any atom is 0.354 e. The molecule has 5 nitrogen and oxygen atoms in total. The average Bonchev–Trinajstić information content (AvgIpc) is 3.40. The molecule has 1 heterocycles. The fourth-order valence-electron chi connectivity index (χ4n) is 2.80. The number of hydrogen-bond donors (Lipinski definition) is 1. The lowest BCUT2D eigenvalue weighted by Crippen LogP contribution is -2.35. The predicted molar refractivity (Wildman–Crippen MR) is 90.3 cm³/mol. The maximum atomic E-state index is 13.0. The van der Waals surface area contributed by atoms with Crippen LogP contribution >= 0.6 is 11.6 Å². The summed E-state index contributed by atoms with van der Waals surface area (Å²) in [5.74, 6) is -1.35. The molecule has 0 aliphatic heterocycles. The molecule has 24 heavy (non-hydrogen) atoms. The standard InChI is InChI=1S/C18H17ClN2O3/c1-11(14-4-2-3-5-15(14)19)21(13-6-7-13)17(22)12-8-9-20-16(10-12)18(23)24/h2-5,8-11,13H,6-7H2,1H3,(H,23,24). The largest absolute Gasteiger partial charge is 0.477 e. The van der Waals surface area contributed by atoms with Crippen LogP contribution in [0.25, 0.3) is 0 Å². The van der Waals surface area contributed by atoms with Gasteiger partial charge in [0.05, 0.1) is 6.04 Å². The highest BCUT2D eigenvalue weighted by Gasteiger charge is 2.37. The van der Waals surface area contributed by atoms with Crippen molar-refractivity contribution in [2.24, 2.45) is 0 Å². The third-order valence-corrected chi connectivity index (χ3v) is 4.52. The zero-order valence-corrected chi connectivity index (χ0v) is 13.9. The molecule has 0 saturated heterocycles. The number of nitrogens with zero attached hydrogens (tertiary/aromatic N) is 2. The number of hydrogen-bond acceptors (Lipinski definition) is 3. The second kappa shape index (κ2) is 6.61. The SMILES string of the molecule is CC(c1ccccc1Cl)N(C(=O)c1ccnc(C(=O)O)c1)C1CC1. The van der Waals surface area contributed by atoms with Crippen LogP contribution in [0.4, 0.5) is 0 Å². The van der Waals surface area contributed by atoms with Crippen molar-refractivity contribution in [2.75, 3.05) is 0 Å². The first kappa shape index (κ1) is 16.5. The number of carboxylic acid groups (broad SMARTS) is 1. The van der Waals surface area contributed by atoms with E-state index in [-0.39, 0.29) is 23.7 Å². The van der Waals surface area contributed by atoms with E-state index in [2.05, 4.69) is 4.98 Å². The number of rotatable bonds is 5. The molecule has 2 aromatic rings. The minimum Gasteiger partial charge on any atom is -0.477 e. The van der Waals surface area contributed by atoms with Gasteiger partial charge in [0.25, 0.3) is 5.91 Å². The first-order valence-corrected chi connectivity index (χ1v) is 8.13. The van der Waals surface area contributed by atoms with E-state index in [1.54, 1.807) is 17.0 Å². The molecule has 0 spiro atoms. The van der Waals surface area contributed by atoms with Crippen molar-refractivity contribution in [3.05, 3.63) is 64.4 Å². The van der Waals surface area contributed by atoms with E-state index < -0.39 is 5.97 Å². The van der Waals surface area contributed by atoms with Crippen LogP contribution in [0, 0.1) is 0 Å². The summed E-state index contributed by atoms with van der Waals surface area (Å²) in [6.07, 6.45) is 3.23. The summed E-state index contributed by atoms with van der Waals surface area (Å²) >= 11 is 6.28. The van der Waals surface area contributed by atoms with Gasteiger partial charge in [-0.1, -0.05) is 29.8 Å². The highest BCUT2D eigenvalue weighted by molar-refractivity contribution is 6.31. The number of benzene rings is 1. The Kier molecular flexibility index (Phi) is 4.53. The Morgan fingerprint density at radius 2 is 2.00 bits per heavy atom. The van der Waals surface area contributed by atoms with E-state index in [0.717, 1.165) is 18.4 Å². The van der Waals surface area contributed by atoms with Crippen LogP contribution in [0.2, 0.25) is 5.02 Å². The number of carboxylic acids is 1. The minimum atomic E-state index is -1.15. The summed E-state index contributed by atoms with van der Waals surface area (Å²) in [7, 11) is 0. The Bertz CT molecular complexity index is 789. The van der Waals surface area contributed by atoms with Gasteiger partial charge in [0, 0.05) is 22.8 Å². The lowest BCUT2D eigenvalue weighted by molar-refractivity contribution is 0.0674. The smallest absolute Gasteiger partial charge is 0.354 e. The highest BCUT2D eigenvalue weighted by atomic mass is 35.5. The second-order valence-corrected chi connectivity index (χ2v) is 6.28. The van der Waals surface area contributed by atoms with Crippen LogP contribution in [0.5, 0.6) is 0 Å². The molecule has 0 bridgehead atoms. The van der Waals surface area contributed by atoms with Gasteiger partial charge in [0.1, 0.15) is 5.69 Å². The van der Waals surface area contributed by atoms with Crippen LogP contribution in [0.3, 0.4) is 0 Å². The van der Waals surface area contributed by atoms with Gasteiger partial charge in [0.15, 0.2) is 0 Å². The molecule has 1 saturated carbocycles. The Morgan fingerprint density at radius 1 is 1.29 bits per heavy atom. The van der Waals surface area contributed by atoms with Crippen LogP contribution < -0.4 is 0 Å². The van der Waals surface area contributed by atoms with Crippen molar-refractivity contribution in [1.82, 2.24) is 9.88 Å². The molecular formula is C18H17ClN2O3. The number of amides is 1. The van der Waals surface area contributed by atoms with Gasteiger partial charge in [-0.25, -0.2) is 9.78 Å². The molecule has 1 aromatic carbocycles. The number of aromatic nitrogens is 1. The topological polar surface area (TPSA) is 70.5 Å². The second-order valence-electron chi connectivity index (χ2n) is 5.88.